The molecule has 0 unspecified atom stereocenters. The summed E-state index contributed by atoms with van der Waals surface area (Å²) in [6, 6.07) is 9.08. The Hall–Kier alpha value is -3.69. The molecule has 9 nitrogen and oxygen atoms in total. The predicted molar refractivity (Wildman–Crippen MR) is 87.2 cm³/mol. The van der Waals surface area contributed by atoms with Crippen molar-refractivity contribution in [3.05, 3.63) is 64.0 Å². The molecule has 2 aromatic carbocycles. The van der Waals surface area contributed by atoms with Gasteiger partial charge in [0.25, 0.3) is 11.8 Å². The number of nitrogens with zero attached hydrogens (tertiary/aromatic N) is 1. The molecule has 2 rings (SSSR count). The number of carbonyl (C=O) groups is 2. The van der Waals surface area contributed by atoms with Gasteiger partial charge in [-0.05, 0) is 24.3 Å². The van der Waals surface area contributed by atoms with E-state index in [1.54, 1.807) is 0 Å². The van der Waals surface area contributed by atoms with Crippen molar-refractivity contribution in [3.8, 4) is 11.5 Å². The van der Waals surface area contributed by atoms with Crippen molar-refractivity contribution in [2.45, 2.75) is 0 Å². The van der Waals surface area contributed by atoms with Gasteiger partial charge in [-0.2, -0.15) is 0 Å². The average Bonchev–Trinajstić information content (AvgIpc) is 2.64. The second-order valence-corrected chi connectivity index (χ2v) is 4.86. The largest absolute Gasteiger partial charge is 0.496 e. The number of nitrogens with one attached hydrogen (secondary N) is 2. The van der Waals surface area contributed by atoms with Crippen molar-refractivity contribution in [1.29, 1.82) is 0 Å². The van der Waals surface area contributed by atoms with Crippen LogP contribution in [-0.4, -0.2) is 30.5 Å². The zero-order valence-electron chi connectivity index (χ0n) is 13.5. The van der Waals surface area contributed by atoms with Crippen LogP contribution in [0.2, 0.25) is 0 Å². The molecule has 26 heavy (non-hydrogen) atoms. The molecule has 0 aromatic heterocycles. The van der Waals surface area contributed by atoms with Gasteiger partial charge in [-0.3, -0.25) is 30.6 Å². The third kappa shape index (κ3) is 4.66. The van der Waals surface area contributed by atoms with Crippen molar-refractivity contribution >= 4 is 17.5 Å². The van der Waals surface area contributed by atoms with Crippen LogP contribution in [-0.2, 0) is 4.79 Å². The van der Waals surface area contributed by atoms with E-state index in [0.29, 0.717) is 0 Å². The Balaban J connectivity index is 1.92. The van der Waals surface area contributed by atoms with E-state index < -0.39 is 29.2 Å². The van der Waals surface area contributed by atoms with Crippen LogP contribution >= 0.6 is 0 Å². The lowest BCUT2D eigenvalue weighted by molar-refractivity contribution is -0.385. The molecule has 0 spiro atoms. The van der Waals surface area contributed by atoms with Gasteiger partial charge in [0.1, 0.15) is 11.6 Å². The molecule has 2 amide bonds. The summed E-state index contributed by atoms with van der Waals surface area (Å²) in [6.45, 7) is -0.606. The molecule has 0 aliphatic carbocycles. The van der Waals surface area contributed by atoms with Gasteiger partial charge < -0.3 is 9.47 Å². The summed E-state index contributed by atoms with van der Waals surface area (Å²) >= 11 is 0. The highest BCUT2D eigenvalue weighted by Gasteiger charge is 2.18. The van der Waals surface area contributed by atoms with E-state index in [1.165, 1.54) is 37.4 Å². The molecule has 2 N–H and O–H groups in total. The van der Waals surface area contributed by atoms with Gasteiger partial charge in [0.15, 0.2) is 12.4 Å². The number of carbonyl (C=O) groups excluding carboxylic acids is 2. The van der Waals surface area contributed by atoms with Crippen LogP contribution < -0.4 is 20.3 Å². The van der Waals surface area contributed by atoms with E-state index in [2.05, 4.69) is 0 Å². The number of nitro groups is 1. The lowest BCUT2D eigenvalue weighted by Gasteiger charge is -2.10. The zero-order valence-corrected chi connectivity index (χ0v) is 13.5. The smallest absolute Gasteiger partial charge is 0.314 e. The SMILES string of the molecule is COc1ccc(OCC(=O)NNC(=O)c2ccccc2F)c([N+](=O)[O-])c1. The Kier molecular flexibility index (Phi) is 6.04. The van der Waals surface area contributed by atoms with Gasteiger partial charge in [-0.25, -0.2) is 4.39 Å². The molecule has 136 valence electrons. The third-order valence-electron chi connectivity index (χ3n) is 3.16. The second-order valence-electron chi connectivity index (χ2n) is 4.86. The maximum atomic E-state index is 13.4. The Morgan fingerprint density at radius 3 is 2.58 bits per heavy atom. The zero-order chi connectivity index (χ0) is 19.1. The molecule has 0 aliphatic rings. The number of nitro benzene ring substituents is 1. The van der Waals surface area contributed by atoms with Crippen LogP contribution in [0.1, 0.15) is 10.4 Å². The fraction of sp³-hybridized carbons (Fsp3) is 0.125. The standard InChI is InChI=1S/C16H14FN3O6/c1-25-10-6-7-14(13(8-10)20(23)24)26-9-15(21)18-19-16(22)11-4-2-3-5-12(11)17/h2-8H,9H2,1H3,(H,18,21)(H,19,22). The van der Waals surface area contributed by atoms with Crippen LogP contribution in [0.5, 0.6) is 11.5 Å². The van der Waals surface area contributed by atoms with Gasteiger partial charge in [0.05, 0.1) is 23.7 Å². The lowest BCUT2D eigenvalue weighted by Crippen LogP contribution is -2.44. The number of amides is 2. The minimum Gasteiger partial charge on any atom is -0.496 e. The maximum Gasteiger partial charge on any atom is 0.314 e. The van der Waals surface area contributed by atoms with E-state index in [9.17, 15) is 24.1 Å². The number of hydrogen-bond acceptors (Lipinski definition) is 6. The van der Waals surface area contributed by atoms with Crippen LogP contribution in [0.15, 0.2) is 42.5 Å². The summed E-state index contributed by atoms with van der Waals surface area (Å²) < 4.78 is 23.4. The summed E-state index contributed by atoms with van der Waals surface area (Å²) in [5.41, 5.74) is 3.41. The predicted octanol–water partition coefficient (Wildman–Crippen LogP) is 1.58. The van der Waals surface area contributed by atoms with Crippen LogP contribution in [0.4, 0.5) is 10.1 Å². The van der Waals surface area contributed by atoms with Gasteiger partial charge in [-0.15, -0.1) is 0 Å². The van der Waals surface area contributed by atoms with E-state index >= 15 is 0 Å². The van der Waals surface area contributed by atoms with E-state index in [-0.39, 0.29) is 22.7 Å². The molecule has 0 atom stereocenters. The van der Waals surface area contributed by atoms with Crippen molar-refractivity contribution in [1.82, 2.24) is 10.9 Å². The normalized spacial score (nSPS) is 9.92. The molecule has 0 fully saturated rings. The number of ether oxygens (including phenoxy) is 2. The molecule has 2 aromatic rings. The number of hydrazine groups is 1. The molecular formula is C16H14FN3O6. The minimum atomic E-state index is -0.855. The van der Waals surface area contributed by atoms with E-state index in [1.807, 2.05) is 10.9 Å². The van der Waals surface area contributed by atoms with Crippen LogP contribution in [0.25, 0.3) is 0 Å². The Morgan fingerprint density at radius 2 is 1.92 bits per heavy atom. The Morgan fingerprint density at radius 1 is 1.19 bits per heavy atom. The lowest BCUT2D eigenvalue weighted by atomic mass is 10.2. The summed E-state index contributed by atoms with van der Waals surface area (Å²) in [4.78, 5) is 33.8. The highest BCUT2D eigenvalue weighted by Crippen LogP contribution is 2.30. The van der Waals surface area contributed by atoms with Crippen molar-refractivity contribution < 1.29 is 28.4 Å². The number of hydrogen-bond donors (Lipinski definition) is 2. The first-order valence-electron chi connectivity index (χ1n) is 7.21. The molecule has 0 aliphatic heterocycles. The topological polar surface area (TPSA) is 120 Å². The fourth-order valence-corrected chi connectivity index (χ4v) is 1.91. The van der Waals surface area contributed by atoms with Crippen molar-refractivity contribution in [2.75, 3.05) is 13.7 Å². The monoisotopic (exact) mass is 363 g/mol. The highest BCUT2D eigenvalue weighted by molar-refractivity contribution is 5.95. The molecular weight excluding hydrogens is 349 g/mol. The first-order chi connectivity index (χ1) is 12.4. The van der Waals surface area contributed by atoms with Crippen molar-refractivity contribution in [3.63, 3.8) is 0 Å². The quantitative estimate of drug-likeness (QED) is 0.594. The summed E-state index contributed by atoms with van der Waals surface area (Å²) in [5.74, 6) is -2.28. The van der Waals surface area contributed by atoms with Crippen LogP contribution in [0, 0.1) is 15.9 Å². The molecule has 0 radical (unpaired) electrons. The summed E-state index contributed by atoms with van der Waals surface area (Å²) in [6.07, 6.45) is 0. The van der Waals surface area contributed by atoms with Crippen molar-refractivity contribution in [2.24, 2.45) is 0 Å². The van der Waals surface area contributed by atoms with Gasteiger partial charge in [-0.1, -0.05) is 12.1 Å². The van der Waals surface area contributed by atoms with Gasteiger partial charge in [0, 0.05) is 0 Å². The third-order valence-corrected chi connectivity index (χ3v) is 3.16. The number of halogens is 1. The molecule has 0 bridgehead atoms. The van der Waals surface area contributed by atoms with Gasteiger partial charge in [0.2, 0.25) is 0 Å². The second kappa shape index (κ2) is 8.42. The first-order valence-corrected chi connectivity index (χ1v) is 7.21. The molecule has 0 saturated carbocycles. The highest BCUT2D eigenvalue weighted by atomic mass is 19.1. The summed E-state index contributed by atoms with van der Waals surface area (Å²) in [5, 5.41) is 11.0. The minimum absolute atomic E-state index is 0.147. The Labute approximate surface area is 146 Å². The molecule has 0 heterocycles. The van der Waals surface area contributed by atoms with E-state index in [4.69, 9.17) is 9.47 Å². The number of methoxy groups -OCH3 is 1. The fourth-order valence-electron chi connectivity index (χ4n) is 1.91. The van der Waals surface area contributed by atoms with E-state index in [0.717, 1.165) is 12.1 Å². The Bertz CT molecular complexity index is 842. The maximum absolute atomic E-state index is 13.4. The number of rotatable bonds is 6. The van der Waals surface area contributed by atoms with Crippen LogP contribution in [0.3, 0.4) is 0 Å². The molecule has 0 saturated heterocycles. The number of benzene rings is 2. The molecule has 10 heteroatoms. The van der Waals surface area contributed by atoms with Gasteiger partial charge >= 0.3 is 5.69 Å². The first kappa shape index (κ1) is 18.6. The summed E-state index contributed by atoms with van der Waals surface area (Å²) in [7, 11) is 1.35. The average molecular weight is 363 g/mol.